The fourth-order valence-electron chi connectivity index (χ4n) is 6.63. The quantitative estimate of drug-likeness (QED) is 0.0329. The minimum atomic E-state index is -0.478. The number of unbranched alkanes of at least 4 members (excludes halogenated alkanes) is 33. The topological polar surface area (TPSA) is 27.7 Å². The first-order chi connectivity index (χ1) is 24.3. The second kappa shape index (κ2) is 47.0. The summed E-state index contributed by atoms with van der Waals surface area (Å²) < 4.78 is 18.3. The molecule has 0 aromatic rings. The van der Waals surface area contributed by atoms with Gasteiger partial charge in [-0.15, -0.1) is 0 Å². The lowest BCUT2D eigenvalue weighted by molar-refractivity contribution is 0.0885. The normalized spacial score (nSPS) is 11.6. The molecule has 0 amide bonds. The van der Waals surface area contributed by atoms with Crippen LogP contribution >= 0.6 is 37.9 Å². The summed E-state index contributed by atoms with van der Waals surface area (Å²) in [4.78, 5) is 0. The number of thiol groups is 3. The molecule has 0 aromatic heterocycles. The van der Waals surface area contributed by atoms with Crippen molar-refractivity contribution in [3.63, 3.8) is 0 Å². The molecule has 0 atom stereocenters. The SMILES string of the molecule is SCCCCCCCCCCCCCCOB(OCCCCCCCCCCCCCCS)OCCCCCCCCCCCCCCS. The lowest BCUT2D eigenvalue weighted by atomic mass is 10.1. The summed E-state index contributed by atoms with van der Waals surface area (Å²) >= 11 is 12.9. The van der Waals surface area contributed by atoms with E-state index in [0.717, 1.165) is 56.3 Å². The van der Waals surface area contributed by atoms with Crippen molar-refractivity contribution in [2.75, 3.05) is 37.1 Å². The van der Waals surface area contributed by atoms with Crippen LogP contribution in [0.25, 0.3) is 0 Å². The third-order valence-electron chi connectivity index (χ3n) is 9.92. The van der Waals surface area contributed by atoms with Gasteiger partial charge < -0.3 is 14.0 Å². The van der Waals surface area contributed by atoms with Gasteiger partial charge in [0.15, 0.2) is 0 Å². The van der Waals surface area contributed by atoms with Gasteiger partial charge in [0.25, 0.3) is 0 Å². The van der Waals surface area contributed by atoms with Crippen LogP contribution in [0.1, 0.15) is 231 Å². The van der Waals surface area contributed by atoms with E-state index in [-0.39, 0.29) is 0 Å². The van der Waals surface area contributed by atoms with Crippen molar-refractivity contribution in [2.24, 2.45) is 0 Å². The monoisotopic (exact) mass is 747 g/mol. The highest BCUT2D eigenvalue weighted by atomic mass is 32.1. The van der Waals surface area contributed by atoms with Crippen molar-refractivity contribution >= 4 is 45.2 Å². The van der Waals surface area contributed by atoms with Crippen LogP contribution in [0.4, 0.5) is 0 Å². The molecule has 0 N–H and O–H groups in total. The Morgan fingerprint density at radius 1 is 0.204 bits per heavy atom. The van der Waals surface area contributed by atoms with Gasteiger partial charge in [-0.2, -0.15) is 37.9 Å². The molecule has 0 aliphatic rings. The van der Waals surface area contributed by atoms with E-state index in [1.54, 1.807) is 0 Å². The minimum absolute atomic E-state index is 0.478. The Labute approximate surface area is 325 Å². The smallest absolute Gasteiger partial charge is 0.386 e. The predicted molar refractivity (Wildman–Crippen MR) is 231 cm³/mol. The average molecular weight is 747 g/mol. The molecule has 0 rings (SSSR count). The van der Waals surface area contributed by atoms with Crippen molar-refractivity contribution in [1.82, 2.24) is 0 Å². The zero-order valence-corrected chi connectivity index (χ0v) is 35.5. The summed E-state index contributed by atoms with van der Waals surface area (Å²) in [6.07, 6.45) is 48.3. The van der Waals surface area contributed by atoms with Crippen LogP contribution in [0, 0.1) is 0 Å². The maximum absolute atomic E-state index is 6.11. The Morgan fingerprint density at radius 3 is 0.510 bits per heavy atom. The van der Waals surface area contributed by atoms with Gasteiger partial charge in [-0.3, -0.25) is 0 Å². The van der Waals surface area contributed by atoms with Crippen molar-refractivity contribution in [3.8, 4) is 0 Å². The molecule has 0 bridgehead atoms. The van der Waals surface area contributed by atoms with Crippen LogP contribution in [0.2, 0.25) is 0 Å². The van der Waals surface area contributed by atoms with Gasteiger partial charge in [0, 0.05) is 19.8 Å². The molecule has 3 nitrogen and oxygen atoms in total. The molecular formula is C42H87BO3S3. The minimum Gasteiger partial charge on any atom is -0.386 e. The largest absolute Gasteiger partial charge is 0.639 e. The summed E-state index contributed by atoms with van der Waals surface area (Å²) in [5.74, 6) is 3.13. The molecule has 0 aromatic carbocycles. The molecule has 0 radical (unpaired) electrons. The van der Waals surface area contributed by atoms with E-state index in [0.29, 0.717) is 0 Å². The first-order valence-electron chi connectivity index (χ1n) is 22.0. The van der Waals surface area contributed by atoms with Gasteiger partial charge >= 0.3 is 7.32 Å². The van der Waals surface area contributed by atoms with Gasteiger partial charge in [-0.05, 0) is 55.8 Å². The third kappa shape index (κ3) is 45.1. The Balaban J connectivity index is 3.93. The maximum Gasteiger partial charge on any atom is 0.639 e. The zero-order chi connectivity index (χ0) is 35.4. The molecular weight excluding hydrogens is 659 g/mol. The van der Waals surface area contributed by atoms with Crippen LogP contribution in [0.3, 0.4) is 0 Å². The Morgan fingerprint density at radius 2 is 0.347 bits per heavy atom. The van der Waals surface area contributed by atoms with Crippen LogP contribution in [-0.4, -0.2) is 44.4 Å². The van der Waals surface area contributed by atoms with E-state index in [1.165, 1.54) is 212 Å². The number of rotatable bonds is 45. The molecule has 0 saturated carbocycles. The molecule has 0 saturated heterocycles. The maximum atomic E-state index is 6.11. The lowest BCUT2D eigenvalue weighted by Gasteiger charge is -2.15. The van der Waals surface area contributed by atoms with Gasteiger partial charge in [0.2, 0.25) is 0 Å². The highest BCUT2D eigenvalue weighted by molar-refractivity contribution is 7.80. The first kappa shape index (κ1) is 50.0. The summed E-state index contributed by atoms with van der Waals surface area (Å²) in [5.41, 5.74) is 0. The van der Waals surface area contributed by atoms with E-state index < -0.39 is 7.32 Å². The third-order valence-corrected chi connectivity index (χ3v) is 10.9. The van der Waals surface area contributed by atoms with Crippen molar-refractivity contribution in [1.29, 1.82) is 0 Å². The van der Waals surface area contributed by atoms with E-state index in [2.05, 4.69) is 37.9 Å². The molecule has 7 heteroatoms. The van der Waals surface area contributed by atoms with Crippen LogP contribution in [-0.2, 0) is 14.0 Å². The highest BCUT2D eigenvalue weighted by Gasteiger charge is 2.20. The Bertz CT molecular complexity index is 499. The lowest BCUT2D eigenvalue weighted by Crippen LogP contribution is -2.28. The molecule has 0 spiro atoms. The number of hydrogen-bond donors (Lipinski definition) is 3. The second-order valence-corrected chi connectivity index (χ2v) is 16.1. The fourth-order valence-corrected chi connectivity index (χ4v) is 7.30. The summed E-state index contributed by atoms with van der Waals surface area (Å²) in [5, 5.41) is 0. The summed E-state index contributed by atoms with van der Waals surface area (Å²) in [6, 6.07) is 0. The fraction of sp³-hybridized carbons (Fsp3) is 1.00. The second-order valence-electron chi connectivity index (χ2n) is 14.8. The van der Waals surface area contributed by atoms with E-state index in [1.807, 2.05) is 0 Å². The number of hydrogen-bond acceptors (Lipinski definition) is 6. The van der Waals surface area contributed by atoms with Gasteiger partial charge in [-0.1, -0.05) is 193 Å². The molecule has 0 aliphatic heterocycles. The average Bonchev–Trinajstić information content (AvgIpc) is 3.11. The molecule has 0 heterocycles. The van der Waals surface area contributed by atoms with Crippen LogP contribution in [0.15, 0.2) is 0 Å². The molecule has 294 valence electrons. The van der Waals surface area contributed by atoms with Gasteiger partial charge in [-0.25, -0.2) is 0 Å². The molecule has 49 heavy (non-hydrogen) atoms. The highest BCUT2D eigenvalue weighted by Crippen LogP contribution is 2.15. The van der Waals surface area contributed by atoms with Crippen molar-refractivity contribution < 1.29 is 14.0 Å². The zero-order valence-electron chi connectivity index (χ0n) is 32.8. The van der Waals surface area contributed by atoms with Gasteiger partial charge in [0.1, 0.15) is 0 Å². The van der Waals surface area contributed by atoms with E-state index in [4.69, 9.17) is 14.0 Å². The van der Waals surface area contributed by atoms with Crippen molar-refractivity contribution in [2.45, 2.75) is 231 Å². The summed E-state index contributed by atoms with van der Waals surface area (Å²) in [6.45, 7) is 2.25. The standard InChI is InChI=1S/C42H87BO3S3/c47-40-34-28-22-16-10-4-1-7-13-19-25-31-37-44-43(45-38-32-26-20-14-8-2-5-11-17-23-29-35-41-48)46-39-33-27-21-15-9-3-6-12-18-24-30-36-42-49/h47-49H,1-42H2. The van der Waals surface area contributed by atoms with E-state index >= 15 is 0 Å². The first-order valence-corrected chi connectivity index (χ1v) is 23.9. The van der Waals surface area contributed by atoms with E-state index in [9.17, 15) is 0 Å². The summed E-state index contributed by atoms with van der Waals surface area (Å²) in [7, 11) is -0.478. The predicted octanol–water partition coefficient (Wildman–Crippen LogP) is 14.9. The van der Waals surface area contributed by atoms with Crippen LogP contribution < -0.4 is 0 Å². The Hall–Kier alpha value is 0.995. The Kier molecular flexibility index (Phi) is 48.0. The molecule has 0 aliphatic carbocycles. The molecule has 0 fully saturated rings. The van der Waals surface area contributed by atoms with Crippen LogP contribution in [0.5, 0.6) is 0 Å². The van der Waals surface area contributed by atoms with Crippen molar-refractivity contribution in [3.05, 3.63) is 0 Å². The van der Waals surface area contributed by atoms with Gasteiger partial charge in [0.05, 0.1) is 0 Å². The molecule has 0 unspecified atom stereocenters.